The molecule has 0 fully saturated rings. The summed E-state index contributed by atoms with van der Waals surface area (Å²) in [6.07, 6.45) is 0. The SMILES string of the molecule is c1ccc(-c2cc(-c3ccc(-c4ccc(-n5c6ccccc6c6ccccc65)cc4)cc3)nc(-c3ccccc3)n2)cc1.c1ccc(-c2ccc(-c3cc(-c4ccc(-c5ccc(-n6c7ccccc7c7ccccc76)cc5)cc4)nc(-c4ccccc4)n3)cc2)cc1. The van der Waals surface area contributed by atoms with Gasteiger partial charge in [0.25, 0.3) is 0 Å². The first kappa shape index (κ1) is 55.0. The van der Waals surface area contributed by atoms with Crippen molar-refractivity contribution in [2.75, 3.05) is 0 Å². The third-order valence-corrected chi connectivity index (χ3v) is 17.3. The molecule has 0 atom stereocenters. The van der Waals surface area contributed by atoms with E-state index >= 15 is 0 Å². The summed E-state index contributed by atoms with van der Waals surface area (Å²) in [7, 11) is 0. The molecule has 4 heterocycles. The normalized spacial score (nSPS) is 11.3. The Hall–Kier alpha value is -12.4. The molecule has 0 aliphatic heterocycles. The van der Waals surface area contributed by atoms with Crippen LogP contribution in [0.5, 0.6) is 0 Å². The maximum Gasteiger partial charge on any atom is 0.160 e. The molecule has 4 aromatic heterocycles. The van der Waals surface area contributed by atoms with Crippen LogP contribution >= 0.6 is 0 Å². The van der Waals surface area contributed by atoms with Crippen LogP contribution in [0, 0.1) is 0 Å². The summed E-state index contributed by atoms with van der Waals surface area (Å²) in [5.41, 5.74) is 24.0. The first-order chi connectivity index (χ1) is 45.6. The standard InChI is InChI=1S/C46H31N3.C40H27N3/c1-3-11-32(12-4-1)33-19-23-36(24-20-33)42-31-43(48-46(47-42)38-13-5-2-6-14-38)37-25-21-34(22-26-37)35-27-29-39(30-28-35)49-44-17-9-7-15-40(44)41-16-8-10-18-45(41)49;1-3-11-30(12-4-1)36-27-37(42-40(41-36)32-13-5-2-6-14-32)31-21-19-28(20-22-31)29-23-25-33(26-24-29)43-38-17-9-7-15-34(38)35-16-8-10-18-39(35)43/h1-31H;1-27H. The van der Waals surface area contributed by atoms with Gasteiger partial charge in [0.05, 0.1) is 44.8 Å². The Morgan fingerprint density at radius 3 is 0.641 bits per heavy atom. The van der Waals surface area contributed by atoms with Gasteiger partial charge in [-0.15, -0.1) is 0 Å². The predicted molar refractivity (Wildman–Crippen MR) is 382 cm³/mol. The summed E-state index contributed by atoms with van der Waals surface area (Å²) in [5, 5.41) is 5.08. The molecule has 0 aliphatic rings. The molecule has 92 heavy (non-hydrogen) atoms. The van der Waals surface area contributed by atoms with Crippen LogP contribution in [0.25, 0.3) is 156 Å². The van der Waals surface area contributed by atoms with Gasteiger partial charge >= 0.3 is 0 Å². The quantitative estimate of drug-likeness (QED) is 0.129. The van der Waals surface area contributed by atoms with Gasteiger partial charge in [-0.2, -0.15) is 0 Å². The van der Waals surface area contributed by atoms with Crippen molar-refractivity contribution in [3.8, 4) is 113 Å². The van der Waals surface area contributed by atoms with E-state index in [0.29, 0.717) is 5.82 Å². The van der Waals surface area contributed by atoms with E-state index in [4.69, 9.17) is 19.9 Å². The number of hydrogen-bond donors (Lipinski definition) is 0. The number of nitrogens with zero attached hydrogens (tertiary/aromatic N) is 6. The molecular weight excluding hydrogens is 1120 g/mol. The van der Waals surface area contributed by atoms with Gasteiger partial charge in [-0.3, -0.25) is 0 Å². The van der Waals surface area contributed by atoms with E-state index < -0.39 is 0 Å². The summed E-state index contributed by atoms with van der Waals surface area (Å²) in [6.45, 7) is 0. The lowest BCUT2D eigenvalue weighted by Crippen LogP contribution is -1.96. The lowest BCUT2D eigenvalue weighted by molar-refractivity contribution is 1.18. The molecular formula is C86H58N6. The van der Waals surface area contributed by atoms with Crippen molar-refractivity contribution in [3.63, 3.8) is 0 Å². The zero-order chi connectivity index (χ0) is 61.2. The number of benzene rings is 13. The number of aromatic nitrogens is 6. The molecule has 432 valence electrons. The van der Waals surface area contributed by atoms with Crippen molar-refractivity contribution in [3.05, 3.63) is 352 Å². The Balaban J connectivity index is 0.000000148. The summed E-state index contributed by atoms with van der Waals surface area (Å²) < 4.78 is 4.70. The van der Waals surface area contributed by atoms with Gasteiger partial charge in [0, 0.05) is 66.3 Å². The van der Waals surface area contributed by atoms with Crippen LogP contribution in [0.15, 0.2) is 352 Å². The first-order valence-corrected chi connectivity index (χ1v) is 31.1. The predicted octanol–water partition coefficient (Wildman–Crippen LogP) is 22.2. The molecule has 0 spiro atoms. The van der Waals surface area contributed by atoms with Gasteiger partial charge in [0.2, 0.25) is 0 Å². The summed E-state index contributed by atoms with van der Waals surface area (Å²) in [4.78, 5) is 20.0. The van der Waals surface area contributed by atoms with Crippen LogP contribution in [0.4, 0.5) is 0 Å². The molecule has 0 saturated carbocycles. The highest BCUT2D eigenvalue weighted by molar-refractivity contribution is 6.10. The summed E-state index contributed by atoms with van der Waals surface area (Å²) in [6, 6.07) is 123. The van der Waals surface area contributed by atoms with Gasteiger partial charge in [0.15, 0.2) is 11.6 Å². The molecule has 17 aromatic rings. The highest BCUT2D eigenvalue weighted by Gasteiger charge is 2.17. The average Bonchev–Trinajstić information content (AvgIpc) is 1.62. The molecule has 0 N–H and O–H groups in total. The Morgan fingerprint density at radius 1 is 0.163 bits per heavy atom. The molecule has 6 nitrogen and oxygen atoms in total. The lowest BCUT2D eigenvalue weighted by atomic mass is 10.0. The molecule has 0 radical (unpaired) electrons. The average molecular weight is 1180 g/mol. The minimum Gasteiger partial charge on any atom is -0.309 e. The zero-order valence-corrected chi connectivity index (χ0v) is 50.2. The van der Waals surface area contributed by atoms with Crippen LogP contribution in [0.1, 0.15) is 0 Å². The third kappa shape index (κ3) is 10.8. The second-order valence-corrected chi connectivity index (χ2v) is 23.0. The van der Waals surface area contributed by atoms with Crippen LogP contribution in [0.2, 0.25) is 0 Å². The van der Waals surface area contributed by atoms with Crippen molar-refractivity contribution in [1.82, 2.24) is 29.1 Å². The number of rotatable bonds is 11. The second-order valence-electron chi connectivity index (χ2n) is 23.0. The fourth-order valence-electron chi connectivity index (χ4n) is 12.7. The maximum absolute atomic E-state index is 5.04. The smallest absolute Gasteiger partial charge is 0.160 e. The summed E-state index contributed by atoms with van der Waals surface area (Å²) >= 11 is 0. The molecule has 6 heteroatoms. The highest BCUT2D eigenvalue weighted by Crippen LogP contribution is 2.37. The molecule has 17 rings (SSSR count). The molecule has 0 saturated heterocycles. The van der Waals surface area contributed by atoms with Crippen LogP contribution in [0.3, 0.4) is 0 Å². The Morgan fingerprint density at radius 2 is 0.359 bits per heavy atom. The lowest BCUT2D eigenvalue weighted by Gasteiger charge is -2.11. The van der Waals surface area contributed by atoms with Crippen molar-refractivity contribution < 1.29 is 0 Å². The van der Waals surface area contributed by atoms with Crippen molar-refractivity contribution in [2.45, 2.75) is 0 Å². The maximum atomic E-state index is 5.04. The number of fused-ring (bicyclic) bond motifs is 6. The largest absolute Gasteiger partial charge is 0.309 e. The van der Waals surface area contributed by atoms with Gasteiger partial charge in [0.1, 0.15) is 0 Å². The van der Waals surface area contributed by atoms with Crippen molar-refractivity contribution in [1.29, 1.82) is 0 Å². The molecule has 0 unspecified atom stereocenters. The topological polar surface area (TPSA) is 61.4 Å². The summed E-state index contributed by atoms with van der Waals surface area (Å²) in [5.74, 6) is 1.44. The number of para-hydroxylation sites is 4. The van der Waals surface area contributed by atoms with E-state index in [2.05, 4.69) is 300 Å². The minimum atomic E-state index is 0.713. The van der Waals surface area contributed by atoms with Gasteiger partial charge in [-0.1, -0.05) is 291 Å². The van der Waals surface area contributed by atoms with E-state index in [9.17, 15) is 0 Å². The second kappa shape index (κ2) is 24.3. The fourth-order valence-corrected chi connectivity index (χ4v) is 12.7. The fraction of sp³-hybridized carbons (Fsp3) is 0. The zero-order valence-electron chi connectivity index (χ0n) is 50.2. The molecule has 13 aromatic carbocycles. The van der Waals surface area contributed by atoms with E-state index in [1.165, 1.54) is 65.9 Å². The molecule has 0 aliphatic carbocycles. The molecule has 0 amide bonds. The van der Waals surface area contributed by atoms with Gasteiger partial charge < -0.3 is 9.13 Å². The Labute approximate surface area is 534 Å². The first-order valence-electron chi connectivity index (χ1n) is 31.1. The Bertz CT molecular complexity index is 5270. The van der Waals surface area contributed by atoms with Crippen LogP contribution in [-0.2, 0) is 0 Å². The Kier molecular flexibility index (Phi) is 14.5. The van der Waals surface area contributed by atoms with Crippen LogP contribution in [-0.4, -0.2) is 29.1 Å². The van der Waals surface area contributed by atoms with Crippen molar-refractivity contribution >= 4 is 43.6 Å². The molecule has 0 bridgehead atoms. The highest BCUT2D eigenvalue weighted by atomic mass is 15.0. The van der Waals surface area contributed by atoms with Crippen molar-refractivity contribution in [2.24, 2.45) is 0 Å². The van der Waals surface area contributed by atoms with E-state index in [1.54, 1.807) is 0 Å². The van der Waals surface area contributed by atoms with E-state index in [1.807, 2.05) is 60.7 Å². The van der Waals surface area contributed by atoms with Crippen LogP contribution < -0.4 is 0 Å². The minimum absolute atomic E-state index is 0.713. The van der Waals surface area contributed by atoms with Gasteiger partial charge in [-0.25, -0.2) is 19.9 Å². The van der Waals surface area contributed by atoms with E-state index in [0.717, 1.165) is 84.5 Å². The third-order valence-electron chi connectivity index (χ3n) is 17.3. The number of hydrogen-bond acceptors (Lipinski definition) is 4. The van der Waals surface area contributed by atoms with Gasteiger partial charge in [-0.05, 0) is 94.0 Å². The monoisotopic (exact) mass is 1170 g/mol. The van der Waals surface area contributed by atoms with E-state index in [-0.39, 0.29) is 0 Å².